The number of carbonyl (C=O) groups is 1. The molecule has 5 heteroatoms. The van der Waals surface area contributed by atoms with Gasteiger partial charge in [-0.1, -0.05) is 24.3 Å². The molecule has 0 aliphatic carbocycles. The fourth-order valence-corrected chi connectivity index (χ4v) is 3.00. The standard InChI is InChI=1S/C19H21N3O2/c1-2-24-18-6-4-3-5-15(18)14-8-11-22(12-9-14)17-7-10-21-13-16(17)19(20)23/h3-8,10,13H,2,9,11-12H2,1H3,(H2,20,23). The molecule has 0 unspecified atom stereocenters. The molecule has 1 amide bonds. The van der Waals surface area contributed by atoms with Crippen LogP contribution in [0.3, 0.4) is 0 Å². The zero-order valence-corrected chi connectivity index (χ0v) is 13.7. The molecular formula is C19H21N3O2. The number of nitrogens with zero attached hydrogens (tertiary/aromatic N) is 2. The maximum Gasteiger partial charge on any atom is 0.252 e. The highest BCUT2D eigenvalue weighted by atomic mass is 16.5. The predicted octanol–water partition coefficient (Wildman–Crippen LogP) is 2.87. The minimum atomic E-state index is -0.449. The lowest BCUT2D eigenvalue weighted by atomic mass is 9.98. The Kier molecular flexibility index (Phi) is 4.79. The van der Waals surface area contributed by atoms with E-state index in [1.54, 1.807) is 6.20 Å². The Morgan fingerprint density at radius 3 is 2.88 bits per heavy atom. The normalized spacial score (nSPS) is 14.2. The van der Waals surface area contributed by atoms with Gasteiger partial charge in [-0.2, -0.15) is 0 Å². The van der Waals surface area contributed by atoms with Crippen molar-refractivity contribution in [3.8, 4) is 5.75 Å². The largest absolute Gasteiger partial charge is 0.493 e. The van der Waals surface area contributed by atoms with E-state index in [2.05, 4.69) is 22.0 Å². The fraction of sp³-hybridized carbons (Fsp3) is 0.263. The summed E-state index contributed by atoms with van der Waals surface area (Å²) in [5.74, 6) is 0.469. The van der Waals surface area contributed by atoms with E-state index < -0.39 is 5.91 Å². The zero-order chi connectivity index (χ0) is 16.9. The zero-order valence-electron chi connectivity index (χ0n) is 13.7. The first-order chi connectivity index (χ1) is 11.7. The highest BCUT2D eigenvalue weighted by Crippen LogP contribution is 2.32. The number of benzene rings is 1. The first kappa shape index (κ1) is 16.1. The first-order valence-electron chi connectivity index (χ1n) is 8.10. The van der Waals surface area contributed by atoms with Crippen LogP contribution in [0, 0.1) is 0 Å². The molecule has 0 radical (unpaired) electrons. The summed E-state index contributed by atoms with van der Waals surface area (Å²) in [7, 11) is 0. The quantitative estimate of drug-likeness (QED) is 0.918. The van der Waals surface area contributed by atoms with Gasteiger partial charge in [0.05, 0.1) is 17.9 Å². The van der Waals surface area contributed by atoms with Crippen LogP contribution in [-0.4, -0.2) is 30.6 Å². The molecule has 2 heterocycles. The number of nitrogens with two attached hydrogens (primary N) is 1. The number of para-hydroxylation sites is 1. The van der Waals surface area contributed by atoms with Gasteiger partial charge in [0.2, 0.25) is 0 Å². The monoisotopic (exact) mass is 323 g/mol. The van der Waals surface area contributed by atoms with Gasteiger partial charge in [-0.15, -0.1) is 0 Å². The summed E-state index contributed by atoms with van der Waals surface area (Å²) in [6.45, 7) is 4.18. The number of amides is 1. The molecule has 1 aliphatic rings. The van der Waals surface area contributed by atoms with Gasteiger partial charge in [-0.3, -0.25) is 9.78 Å². The second kappa shape index (κ2) is 7.17. The molecule has 1 aromatic heterocycles. The van der Waals surface area contributed by atoms with Crippen molar-refractivity contribution in [3.05, 3.63) is 59.9 Å². The number of carbonyl (C=O) groups excluding carboxylic acids is 1. The van der Waals surface area contributed by atoms with Gasteiger partial charge in [0.15, 0.2) is 0 Å². The number of ether oxygens (including phenoxy) is 1. The van der Waals surface area contributed by atoms with E-state index in [-0.39, 0.29) is 0 Å². The molecule has 3 rings (SSSR count). The number of hydrogen-bond acceptors (Lipinski definition) is 4. The van der Waals surface area contributed by atoms with Crippen molar-refractivity contribution >= 4 is 17.2 Å². The van der Waals surface area contributed by atoms with Crippen LogP contribution in [0.15, 0.2) is 48.8 Å². The van der Waals surface area contributed by atoms with Crippen molar-refractivity contribution in [2.24, 2.45) is 5.73 Å². The molecule has 0 saturated carbocycles. The van der Waals surface area contributed by atoms with Crippen LogP contribution >= 0.6 is 0 Å². The van der Waals surface area contributed by atoms with E-state index >= 15 is 0 Å². The molecule has 1 aliphatic heterocycles. The summed E-state index contributed by atoms with van der Waals surface area (Å²) in [4.78, 5) is 17.7. The van der Waals surface area contributed by atoms with Gasteiger partial charge in [-0.05, 0) is 31.1 Å². The third kappa shape index (κ3) is 3.25. The van der Waals surface area contributed by atoms with E-state index in [1.807, 2.05) is 31.2 Å². The van der Waals surface area contributed by atoms with E-state index in [0.717, 1.165) is 36.5 Å². The fourth-order valence-electron chi connectivity index (χ4n) is 3.00. The van der Waals surface area contributed by atoms with Crippen LogP contribution in [0.25, 0.3) is 5.57 Å². The smallest absolute Gasteiger partial charge is 0.252 e. The Balaban J connectivity index is 1.84. The second-order valence-corrected chi connectivity index (χ2v) is 5.61. The lowest BCUT2D eigenvalue weighted by molar-refractivity contribution is 0.100. The third-order valence-corrected chi connectivity index (χ3v) is 4.15. The van der Waals surface area contributed by atoms with E-state index in [0.29, 0.717) is 12.2 Å². The molecule has 2 aromatic rings. The highest BCUT2D eigenvalue weighted by molar-refractivity contribution is 5.98. The second-order valence-electron chi connectivity index (χ2n) is 5.61. The Morgan fingerprint density at radius 2 is 2.17 bits per heavy atom. The van der Waals surface area contributed by atoms with Crippen LogP contribution < -0.4 is 15.4 Å². The molecular weight excluding hydrogens is 302 g/mol. The number of rotatable bonds is 5. The average Bonchev–Trinajstić information content (AvgIpc) is 2.63. The molecule has 0 saturated heterocycles. The van der Waals surface area contributed by atoms with Crippen molar-refractivity contribution in [1.29, 1.82) is 0 Å². The van der Waals surface area contributed by atoms with Gasteiger partial charge in [0, 0.05) is 31.0 Å². The molecule has 0 spiro atoms. The molecule has 5 nitrogen and oxygen atoms in total. The van der Waals surface area contributed by atoms with Crippen LogP contribution in [-0.2, 0) is 0 Å². The molecule has 24 heavy (non-hydrogen) atoms. The number of pyridine rings is 1. The number of primary amides is 1. The van der Waals surface area contributed by atoms with Gasteiger partial charge < -0.3 is 15.4 Å². The van der Waals surface area contributed by atoms with E-state index in [4.69, 9.17) is 10.5 Å². The summed E-state index contributed by atoms with van der Waals surface area (Å²) in [6, 6.07) is 9.94. The lowest BCUT2D eigenvalue weighted by Crippen LogP contribution is -2.30. The summed E-state index contributed by atoms with van der Waals surface area (Å²) in [5, 5.41) is 0. The third-order valence-electron chi connectivity index (χ3n) is 4.15. The lowest BCUT2D eigenvalue weighted by Gasteiger charge is -2.30. The van der Waals surface area contributed by atoms with E-state index in [1.165, 1.54) is 11.8 Å². The Morgan fingerprint density at radius 1 is 1.33 bits per heavy atom. The number of anilines is 1. The minimum absolute atomic E-state index is 0.449. The molecule has 1 aromatic carbocycles. The van der Waals surface area contributed by atoms with Gasteiger partial charge >= 0.3 is 0 Å². The van der Waals surface area contributed by atoms with Crippen LogP contribution in [0.1, 0.15) is 29.3 Å². The Hall–Kier alpha value is -2.82. The molecule has 0 bridgehead atoms. The molecule has 124 valence electrons. The van der Waals surface area contributed by atoms with Crippen molar-refractivity contribution in [2.45, 2.75) is 13.3 Å². The van der Waals surface area contributed by atoms with Gasteiger partial charge in [0.1, 0.15) is 5.75 Å². The minimum Gasteiger partial charge on any atom is -0.493 e. The van der Waals surface area contributed by atoms with Crippen molar-refractivity contribution in [1.82, 2.24) is 4.98 Å². The summed E-state index contributed by atoms with van der Waals surface area (Å²) < 4.78 is 5.73. The van der Waals surface area contributed by atoms with Gasteiger partial charge in [0.25, 0.3) is 5.91 Å². The Bertz CT molecular complexity index is 771. The maximum absolute atomic E-state index is 11.6. The van der Waals surface area contributed by atoms with Crippen molar-refractivity contribution in [2.75, 3.05) is 24.6 Å². The van der Waals surface area contributed by atoms with Crippen LogP contribution in [0.4, 0.5) is 5.69 Å². The number of hydrogen-bond donors (Lipinski definition) is 1. The van der Waals surface area contributed by atoms with Crippen LogP contribution in [0.2, 0.25) is 0 Å². The SMILES string of the molecule is CCOc1ccccc1C1=CCN(c2ccncc2C(N)=O)CC1. The van der Waals surface area contributed by atoms with Gasteiger partial charge in [-0.25, -0.2) is 0 Å². The van der Waals surface area contributed by atoms with Crippen LogP contribution in [0.5, 0.6) is 5.75 Å². The van der Waals surface area contributed by atoms with E-state index in [9.17, 15) is 4.79 Å². The Labute approximate surface area is 141 Å². The molecule has 2 N–H and O–H groups in total. The van der Waals surface area contributed by atoms with Crippen molar-refractivity contribution in [3.63, 3.8) is 0 Å². The van der Waals surface area contributed by atoms with Crippen molar-refractivity contribution < 1.29 is 9.53 Å². The topological polar surface area (TPSA) is 68.4 Å². The first-order valence-corrected chi connectivity index (χ1v) is 8.10. The summed E-state index contributed by atoms with van der Waals surface area (Å²) >= 11 is 0. The highest BCUT2D eigenvalue weighted by Gasteiger charge is 2.19. The average molecular weight is 323 g/mol. The predicted molar refractivity (Wildman–Crippen MR) is 95.2 cm³/mol. The summed E-state index contributed by atoms with van der Waals surface area (Å²) in [5.41, 5.74) is 9.17. The summed E-state index contributed by atoms with van der Waals surface area (Å²) in [6.07, 6.45) is 6.28. The molecule has 0 fully saturated rings. The number of aromatic nitrogens is 1. The molecule has 0 atom stereocenters. The maximum atomic E-state index is 11.6.